The molecule has 0 aliphatic heterocycles. The van der Waals surface area contributed by atoms with Gasteiger partial charge in [0.1, 0.15) is 0 Å². The Morgan fingerprint density at radius 2 is 1.69 bits per heavy atom. The second kappa shape index (κ2) is 8.90. The molecule has 0 fully saturated rings. The maximum absolute atomic E-state index is 9.23. The highest BCUT2D eigenvalue weighted by Crippen LogP contribution is 2.21. The van der Waals surface area contributed by atoms with Crippen molar-refractivity contribution in [1.82, 2.24) is 0 Å². The van der Waals surface area contributed by atoms with E-state index in [4.69, 9.17) is 14.6 Å². The molecule has 0 radical (unpaired) electrons. The molecule has 0 aliphatic carbocycles. The van der Waals surface area contributed by atoms with Crippen LogP contribution in [0.15, 0.2) is 0 Å². The van der Waals surface area contributed by atoms with E-state index in [1.165, 1.54) is 7.11 Å². The summed E-state index contributed by atoms with van der Waals surface area (Å²) < 4.78 is 10.3. The minimum Gasteiger partial charge on any atom is -0.396 e. The van der Waals surface area contributed by atoms with Crippen LogP contribution in [0.3, 0.4) is 0 Å². The minimum atomic E-state index is -0.726. The summed E-state index contributed by atoms with van der Waals surface area (Å²) >= 11 is 0. The van der Waals surface area contributed by atoms with Gasteiger partial charge in [-0.05, 0) is 11.8 Å². The molecule has 98 valence electrons. The van der Waals surface area contributed by atoms with Crippen molar-refractivity contribution >= 4 is 0 Å². The zero-order chi connectivity index (χ0) is 12.6. The van der Waals surface area contributed by atoms with Crippen molar-refractivity contribution in [3.05, 3.63) is 0 Å². The quantitative estimate of drug-likeness (QED) is 0.490. The standard InChI is InChI=1S/C11H24O5/c1-4-9(5-12)8(2)10(6-13)16-11(7-14)15-3/h8-14H,4-7H2,1-3H3. The molecule has 0 rings (SSSR count). The smallest absolute Gasteiger partial charge is 0.180 e. The van der Waals surface area contributed by atoms with Crippen LogP contribution < -0.4 is 0 Å². The van der Waals surface area contributed by atoms with Gasteiger partial charge in [0, 0.05) is 13.7 Å². The van der Waals surface area contributed by atoms with Gasteiger partial charge >= 0.3 is 0 Å². The zero-order valence-electron chi connectivity index (χ0n) is 10.3. The van der Waals surface area contributed by atoms with Gasteiger partial charge < -0.3 is 24.8 Å². The van der Waals surface area contributed by atoms with Gasteiger partial charge in [-0.2, -0.15) is 0 Å². The van der Waals surface area contributed by atoms with Crippen molar-refractivity contribution in [3.8, 4) is 0 Å². The average Bonchev–Trinajstić information content (AvgIpc) is 2.32. The first-order valence-electron chi connectivity index (χ1n) is 5.65. The highest BCUT2D eigenvalue weighted by molar-refractivity contribution is 4.73. The number of hydrogen-bond acceptors (Lipinski definition) is 5. The third-order valence-corrected chi connectivity index (χ3v) is 3.01. The Kier molecular flexibility index (Phi) is 8.78. The topological polar surface area (TPSA) is 79.2 Å². The Hall–Kier alpha value is -0.200. The van der Waals surface area contributed by atoms with Crippen molar-refractivity contribution in [2.45, 2.75) is 32.7 Å². The fourth-order valence-corrected chi connectivity index (χ4v) is 1.67. The molecule has 0 aromatic carbocycles. The number of ether oxygens (including phenoxy) is 2. The first-order valence-corrected chi connectivity index (χ1v) is 5.65. The SMILES string of the molecule is CCC(CO)C(C)C(CO)OC(CO)OC. The molecular formula is C11H24O5. The van der Waals surface area contributed by atoms with E-state index < -0.39 is 12.4 Å². The second-order valence-electron chi connectivity index (χ2n) is 3.91. The Morgan fingerprint density at radius 1 is 1.06 bits per heavy atom. The van der Waals surface area contributed by atoms with Crippen molar-refractivity contribution < 1.29 is 24.8 Å². The lowest BCUT2D eigenvalue weighted by Gasteiger charge is -2.30. The van der Waals surface area contributed by atoms with Crippen molar-refractivity contribution in [1.29, 1.82) is 0 Å². The van der Waals surface area contributed by atoms with E-state index in [1.54, 1.807) is 0 Å². The molecule has 4 atom stereocenters. The summed E-state index contributed by atoms with van der Waals surface area (Å²) in [6.45, 7) is 3.54. The van der Waals surface area contributed by atoms with Crippen molar-refractivity contribution in [2.75, 3.05) is 26.9 Å². The maximum Gasteiger partial charge on any atom is 0.180 e. The summed E-state index contributed by atoms with van der Waals surface area (Å²) in [5.74, 6) is 0.0811. The fraction of sp³-hybridized carbons (Fsp3) is 1.00. The zero-order valence-corrected chi connectivity index (χ0v) is 10.3. The van der Waals surface area contributed by atoms with Crippen LogP contribution in [-0.4, -0.2) is 54.6 Å². The van der Waals surface area contributed by atoms with E-state index in [0.29, 0.717) is 0 Å². The Morgan fingerprint density at radius 3 is 2.00 bits per heavy atom. The number of aliphatic hydroxyl groups excluding tert-OH is 3. The van der Waals surface area contributed by atoms with Gasteiger partial charge in [-0.3, -0.25) is 0 Å². The third-order valence-electron chi connectivity index (χ3n) is 3.01. The van der Waals surface area contributed by atoms with E-state index in [2.05, 4.69) is 0 Å². The Balaban J connectivity index is 4.34. The normalized spacial score (nSPS) is 19.1. The van der Waals surface area contributed by atoms with Crippen LogP contribution in [0.25, 0.3) is 0 Å². The molecule has 0 aliphatic rings. The molecule has 4 unspecified atom stereocenters. The summed E-state index contributed by atoms with van der Waals surface area (Å²) in [4.78, 5) is 0. The molecule has 0 aromatic rings. The Bertz CT molecular complexity index is 156. The fourth-order valence-electron chi connectivity index (χ4n) is 1.67. The lowest BCUT2D eigenvalue weighted by Crippen LogP contribution is -2.37. The monoisotopic (exact) mass is 236 g/mol. The summed E-state index contributed by atoms with van der Waals surface area (Å²) in [6.07, 6.45) is -0.348. The van der Waals surface area contributed by atoms with E-state index in [0.717, 1.165) is 6.42 Å². The summed E-state index contributed by atoms with van der Waals surface area (Å²) in [5.41, 5.74) is 0. The van der Waals surface area contributed by atoms with Crippen LogP contribution in [0, 0.1) is 11.8 Å². The highest BCUT2D eigenvalue weighted by atomic mass is 16.7. The number of rotatable bonds is 9. The predicted molar refractivity (Wildman–Crippen MR) is 59.9 cm³/mol. The largest absolute Gasteiger partial charge is 0.396 e. The number of methoxy groups -OCH3 is 1. The molecule has 0 saturated carbocycles. The van der Waals surface area contributed by atoms with E-state index in [-0.39, 0.29) is 31.7 Å². The van der Waals surface area contributed by atoms with Gasteiger partial charge in [0.25, 0.3) is 0 Å². The van der Waals surface area contributed by atoms with Gasteiger partial charge in [-0.15, -0.1) is 0 Å². The molecule has 5 heteroatoms. The molecule has 0 bridgehead atoms. The van der Waals surface area contributed by atoms with Crippen molar-refractivity contribution in [3.63, 3.8) is 0 Å². The molecule has 0 aromatic heterocycles. The van der Waals surface area contributed by atoms with Crippen LogP contribution in [0.5, 0.6) is 0 Å². The highest BCUT2D eigenvalue weighted by Gasteiger charge is 2.26. The third kappa shape index (κ3) is 4.76. The first-order chi connectivity index (χ1) is 7.64. The van der Waals surface area contributed by atoms with Crippen LogP contribution in [-0.2, 0) is 9.47 Å². The van der Waals surface area contributed by atoms with Crippen LogP contribution in [0.2, 0.25) is 0 Å². The minimum absolute atomic E-state index is 0.00389. The molecule has 5 nitrogen and oxygen atoms in total. The van der Waals surface area contributed by atoms with Gasteiger partial charge in [0.2, 0.25) is 0 Å². The van der Waals surface area contributed by atoms with Crippen LogP contribution in [0.4, 0.5) is 0 Å². The molecule has 3 N–H and O–H groups in total. The van der Waals surface area contributed by atoms with Crippen molar-refractivity contribution in [2.24, 2.45) is 11.8 Å². The predicted octanol–water partition coefficient (Wildman–Crippen LogP) is -0.0167. The number of hydrogen-bond donors (Lipinski definition) is 3. The lowest BCUT2D eigenvalue weighted by molar-refractivity contribution is -0.197. The van der Waals surface area contributed by atoms with Crippen LogP contribution >= 0.6 is 0 Å². The van der Waals surface area contributed by atoms with Gasteiger partial charge in [0.15, 0.2) is 6.29 Å². The molecule has 0 saturated heterocycles. The molecule has 0 heterocycles. The Labute approximate surface area is 97.0 Å². The van der Waals surface area contributed by atoms with Gasteiger partial charge in [-0.1, -0.05) is 20.3 Å². The summed E-state index contributed by atoms with van der Waals surface area (Å²) in [5, 5.41) is 27.3. The maximum atomic E-state index is 9.23. The molecular weight excluding hydrogens is 212 g/mol. The molecule has 0 spiro atoms. The van der Waals surface area contributed by atoms with Crippen LogP contribution in [0.1, 0.15) is 20.3 Å². The van der Waals surface area contributed by atoms with E-state index in [1.807, 2.05) is 13.8 Å². The second-order valence-corrected chi connectivity index (χ2v) is 3.91. The lowest BCUT2D eigenvalue weighted by atomic mass is 9.88. The van der Waals surface area contributed by atoms with Gasteiger partial charge in [0.05, 0.1) is 19.3 Å². The first kappa shape index (κ1) is 15.8. The summed E-state index contributed by atoms with van der Waals surface area (Å²) in [6, 6.07) is 0. The van der Waals surface area contributed by atoms with E-state index in [9.17, 15) is 10.2 Å². The average molecular weight is 236 g/mol. The molecule has 16 heavy (non-hydrogen) atoms. The van der Waals surface area contributed by atoms with E-state index >= 15 is 0 Å². The number of aliphatic hydroxyl groups is 3. The summed E-state index contributed by atoms with van der Waals surface area (Å²) in [7, 11) is 1.43. The molecule has 0 amide bonds. The van der Waals surface area contributed by atoms with Gasteiger partial charge in [-0.25, -0.2) is 0 Å².